The van der Waals surface area contributed by atoms with Crippen LogP contribution in [0.15, 0.2) is 48.5 Å². The molecule has 1 saturated heterocycles. The van der Waals surface area contributed by atoms with Crippen LogP contribution in [0.4, 0.5) is 5.69 Å². The van der Waals surface area contributed by atoms with E-state index in [-0.39, 0.29) is 18.1 Å². The van der Waals surface area contributed by atoms with Crippen LogP contribution in [0.1, 0.15) is 30.5 Å². The zero-order chi connectivity index (χ0) is 18.6. The topological polar surface area (TPSA) is 50.8 Å². The van der Waals surface area contributed by atoms with Gasteiger partial charge in [0, 0.05) is 25.2 Å². The van der Waals surface area contributed by atoms with E-state index < -0.39 is 0 Å². The number of morpholine rings is 1. The van der Waals surface area contributed by atoms with Gasteiger partial charge in [0.1, 0.15) is 12.4 Å². The average molecular weight is 366 g/mol. The van der Waals surface area contributed by atoms with Crippen molar-refractivity contribution in [2.75, 3.05) is 31.6 Å². The fourth-order valence-corrected chi connectivity index (χ4v) is 3.83. The lowest BCUT2D eigenvalue weighted by molar-refractivity contribution is -0.116. The summed E-state index contributed by atoms with van der Waals surface area (Å²) in [5.41, 5.74) is 3.34. The van der Waals surface area contributed by atoms with E-state index in [0.29, 0.717) is 19.6 Å². The molecule has 0 aromatic heterocycles. The Bertz CT molecular complexity index is 793. The molecular weight excluding hydrogens is 340 g/mol. The standard InChI is InChI=1S/C22H26N2O3/c1-16-14-24(21(15-27-16)17-5-3-2-4-6-17)11-12-26-19-8-9-20-18(13-19)7-10-22(25)23-20/h2-6,8-9,13,16,21H,7,10-12,14-15H2,1H3,(H,23,25). The third kappa shape index (κ3) is 4.31. The maximum Gasteiger partial charge on any atom is 0.224 e. The molecule has 0 saturated carbocycles. The first kappa shape index (κ1) is 18.0. The van der Waals surface area contributed by atoms with Gasteiger partial charge in [0.05, 0.1) is 18.8 Å². The molecule has 0 radical (unpaired) electrons. The minimum atomic E-state index is 0.0876. The monoisotopic (exact) mass is 366 g/mol. The van der Waals surface area contributed by atoms with Crippen LogP contribution in [0.5, 0.6) is 5.75 Å². The molecule has 27 heavy (non-hydrogen) atoms. The van der Waals surface area contributed by atoms with Gasteiger partial charge in [-0.05, 0) is 42.7 Å². The highest BCUT2D eigenvalue weighted by atomic mass is 16.5. The molecule has 0 aliphatic carbocycles. The zero-order valence-electron chi connectivity index (χ0n) is 15.7. The predicted molar refractivity (Wildman–Crippen MR) is 105 cm³/mol. The second kappa shape index (κ2) is 8.11. The molecule has 1 N–H and O–H groups in total. The molecule has 5 nitrogen and oxygen atoms in total. The highest BCUT2D eigenvalue weighted by Crippen LogP contribution is 2.28. The van der Waals surface area contributed by atoms with Gasteiger partial charge in [-0.25, -0.2) is 0 Å². The number of nitrogens with one attached hydrogen (secondary N) is 1. The molecule has 142 valence electrons. The first-order chi connectivity index (χ1) is 13.2. The van der Waals surface area contributed by atoms with E-state index in [9.17, 15) is 4.79 Å². The Morgan fingerprint density at radius 2 is 2.04 bits per heavy atom. The van der Waals surface area contributed by atoms with E-state index in [1.54, 1.807) is 0 Å². The molecule has 2 heterocycles. The Morgan fingerprint density at radius 1 is 1.19 bits per heavy atom. The maximum absolute atomic E-state index is 11.5. The van der Waals surface area contributed by atoms with E-state index in [2.05, 4.69) is 41.4 Å². The van der Waals surface area contributed by atoms with Crippen LogP contribution in [0, 0.1) is 0 Å². The summed E-state index contributed by atoms with van der Waals surface area (Å²) in [6, 6.07) is 16.7. The highest BCUT2D eigenvalue weighted by Gasteiger charge is 2.27. The SMILES string of the molecule is CC1CN(CCOc2ccc3c(c2)CCC(=O)N3)C(c2ccccc2)CO1. The summed E-state index contributed by atoms with van der Waals surface area (Å²) in [5, 5.41) is 2.91. The third-order valence-corrected chi connectivity index (χ3v) is 5.27. The summed E-state index contributed by atoms with van der Waals surface area (Å²) in [6.07, 6.45) is 1.55. The van der Waals surface area contributed by atoms with Crippen molar-refractivity contribution in [1.29, 1.82) is 0 Å². The van der Waals surface area contributed by atoms with Gasteiger partial charge in [0.25, 0.3) is 0 Å². The van der Waals surface area contributed by atoms with E-state index in [0.717, 1.165) is 36.5 Å². The molecule has 0 spiro atoms. The zero-order valence-corrected chi connectivity index (χ0v) is 15.7. The first-order valence-electron chi connectivity index (χ1n) is 9.65. The van der Waals surface area contributed by atoms with Crippen LogP contribution in [0.3, 0.4) is 0 Å². The van der Waals surface area contributed by atoms with E-state index in [1.807, 2.05) is 24.3 Å². The first-order valence-corrected chi connectivity index (χ1v) is 9.65. The number of aryl methyl sites for hydroxylation is 1. The minimum absolute atomic E-state index is 0.0876. The largest absolute Gasteiger partial charge is 0.492 e. The van der Waals surface area contributed by atoms with Crippen LogP contribution in [0.2, 0.25) is 0 Å². The van der Waals surface area contributed by atoms with Crippen LogP contribution >= 0.6 is 0 Å². The number of ether oxygens (including phenoxy) is 2. The van der Waals surface area contributed by atoms with Gasteiger partial charge in [0.2, 0.25) is 5.91 Å². The number of benzene rings is 2. The number of carbonyl (C=O) groups is 1. The number of anilines is 1. The van der Waals surface area contributed by atoms with Crippen molar-refractivity contribution < 1.29 is 14.3 Å². The average Bonchev–Trinajstić information content (AvgIpc) is 2.69. The molecule has 2 atom stereocenters. The van der Waals surface area contributed by atoms with Gasteiger partial charge >= 0.3 is 0 Å². The van der Waals surface area contributed by atoms with Crippen molar-refractivity contribution in [2.24, 2.45) is 0 Å². The lowest BCUT2D eigenvalue weighted by Gasteiger charge is -2.38. The van der Waals surface area contributed by atoms with Crippen molar-refractivity contribution in [2.45, 2.75) is 31.9 Å². The van der Waals surface area contributed by atoms with Gasteiger partial charge in [-0.3, -0.25) is 9.69 Å². The van der Waals surface area contributed by atoms with Gasteiger partial charge < -0.3 is 14.8 Å². The smallest absolute Gasteiger partial charge is 0.224 e. The van der Waals surface area contributed by atoms with Gasteiger partial charge in [-0.15, -0.1) is 0 Å². The molecule has 2 aromatic carbocycles. The Kier molecular flexibility index (Phi) is 5.41. The second-order valence-electron chi connectivity index (χ2n) is 7.28. The van der Waals surface area contributed by atoms with Crippen molar-refractivity contribution in [3.8, 4) is 5.75 Å². The number of nitrogens with zero attached hydrogens (tertiary/aromatic N) is 1. The Balaban J connectivity index is 1.37. The number of hydrogen-bond acceptors (Lipinski definition) is 4. The summed E-state index contributed by atoms with van der Waals surface area (Å²) < 4.78 is 11.9. The van der Waals surface area contributed by atoms with E-state index in [4.69, 9.17) is 9.47 Å². The fraction of sp³-hybridized carbons (Fsp3) is 0.409. The van der Waals surface area contributed by atoms with Crippen LogP contribution < -0.4 is 10.1 Å². The molecule has 1 amide bonds. The summed E-state index contributed by atoms with van der Waals surface area (Å²) >= 11 is 0. The quantitative estimate of drug-likeness (QED) is 0.881. The summed E-state index contributed by atoms with van der Waals surface area (Å²) in [5.74, 6) is 0.951. The van der Waals surface area contributed by atoms with Crippen molar-refractivity contribution in [3.63, 3.8) is 0 Å². The van der Waals surface area contributed by atoms with Crippen molar-refractivity contribution in [3.05, 3.63) is 59.7 Å². The Labute approximate surface area is 160 Å². The number of rotatable bonds is 5. The fourth-order valence-electron chi connectivity index (χ4n) is 3.83. The molecular formula is C22H26N2O3. The molecule has 2 aliphatic heterocycles. The van der Waals surface area contributed by atoms with E-state index >= 15 is 0 Å². The normalized spacial score (nSPS) is 22.8. The van der Waals surface area contributed by atoms with Crippen molar-refractivity contribution >= 4 is 11.6 Å². The molecule has 5 heteroatoms. The molecule has 0 bridgehead atoms. The van der Waals surface area contributed by atoms with Crippen LogP contribution in [0.25, 0.3) is 0 Å². The van der Waals surface area contributed by atoms with Gasteiger partial charge in [0.15, 0.2) is 0 Å². The lowest BCUT2D eigenvalue weighted by Crippen LogP contribution is -2.45. The Hall–Kier alpha value is -2.37. The van der Waals surface area contributed by atoms with Crippen LogP contribution in [-0.2, 0) is 16.0 Å². The number of carbonyl (C=O) groups excluding carboxylic acids is 1. The molecule has 2 aliphatic rings. The van der Waals surface area contributed by atoms with Crippen LogP contribution in [-0.4, -0.2) is 43.2 Å². The number of fused-ring (bicyclic) bond motifs is 1. The molecule has 2 unspecified atom stereocenters. The number of hydrogen-bond donors (Lipinski definition) is 1. The second-order valence-corrected chi connectivity index (χ2v) is 7.28. The third-order valence-electron chi connectivity index (χ3n) is 5.27. The summed E-state index contributed by atoms with van der Waals surface area (Å²) in [6.45, 7) is 5.21. The molecule has 4 rings (SSSR count). The number of amides is 1. The van der Waals surface area contributed by atoms with Crippen molar-refractivity contribution in [1.82, 2.24) is 4.90 Å². The predicted octanol–water partition coefficient (Wildman–Crippen LogP) is 3.41. The lowest BCUT2D eigenvalue weighted by atomic mass is 10.0. The minimum Gasteiger partial charge on any atom is -0.492 e. The van der Waals surface area contributed by atoms with Gasteiger partial charge in [-0.2, -0.15) is 0 Å². The molecule has 1 fully saturated rings. The summed E-state index contributed by atoms with van der Waals surface area (Å²) in [4.78, 5) is 13.9. The van der Waals surface area contributed by atoms with Gasteiger partial charge in [-0.1, -0.05) is 30.3 Å². The molecule has 2 aromatic rings. The Morgan fingerprint density at radius 3 is 2.89 bits per heavy atom. The highest BCUT2D eigenvalue weighted by molar-refractivity contribution is 5.93. The maximum atomic E-state index is 11.5. The van der Waals surface area contributed by atoms with E-state index in [1.165, 1.54) is 5.56 Å². The summed E-state index contributed by atoms with van der Waals surface area (Å²) in [7, 11) is 0.